The van der Waals surface area contributed by atoms with E-state index in [1.54, 1.807) is 24.4 Å². The molecule has 2 aromatic heterocycles. The zero-order valence-corrected chi connectivity index (χ0v) is 16.0. The molecule has 0 aliphatic heterocycles. The van der Waals surface area contributed by atoms with Gasteiger partial charge in [0.2, 0.25) is 10.0 Å². The predicted molar refractivity (Wildman–Crippen MR) is 99.0 cm³/mol. The van der Waals surface area contributed by atoms with Crippen LogP contribution in [0.3, 0.4) is 0 Å². The molecule has 0 fully saturated rings. The van der Waals surface area contributed by atoms with E-state index in [4.69, 9.17) is 0 Å². The summed E-state index contributed by atoms with van der Waals surface area (Å²) in [5.41, 5.74) is 0.989. The summed E-state index contributed by atoms with van der Waals surface area (Å²) in [6.45, 7) is 2.16. The van der Waals surface area contributed by atoms with Crippen LogP contribution in [0.5, 0.6) is 0 Å². The fraction of sp³-hybridized carbons (Fsp3) is 0.235. The highest BCUT2D eigenvalue weighted by molar-refractivity contribution is 7.91. The van der Waals surface area contributed by atoms with E-state index in [-0.39, 0.29) is 12.4 Å². The third kappa shape index (κ3) is 4.72. The van der Waals surface area contributed by atoms with Crippen LogP contribution in [0.1, 0.15) is 27.2 Å². The van der Waals surface area contributed by atoms with E-state index in [0.717, 1.165) is 21.7 Å². The van der Waals surface area contributed by atoms with Crippen molar-refractivity contribution >= 4 is 32.7 Å². The Morgan fingerprint density at radius 1 is 1.08 bits per heavy atom. The Hall–Kier alpha value is -1.61. The molecule has 0 atom stereocenters. The summed E-state index contributed by atoms with van der Waals surface area (Å²) in [7, 11) is -3.51. The second kappa shape index (κ2) is 7.74. The summed E-state index contributed by atoms with van der Waals surface area (Å²) in [5, 5.41) is 0.702. The number of aromatic nitrogens is 1. The number of thiophene rings is 1. The number of rotatable bonds is 7. The normalized spacial score (nSPS) is 11.8. The van der Waals surface area contributed by atoms with Crippen LogP contribution in [-0.2, 0) is 29.4 Å². The molecule has 3 rings (SSSR count). The molecule has 1 aromatic carbocycles. The number of thiazole rings is 1. The van der Waals surface area contributed by atoms with Gasteiger partial charge in [-0.2, -0.15) is 0 Å². The van der Waals surface area contributed by atoms with Crippen molar-refractivity contribution < 1.29 is 12.8 Å². The number of halogens is 1. The van der Waals surface area contributed by atoms with E-state index in [2.05, 4.69) is 9.71 Å². The molecule has 0 radical (unpaired) electrons. The molecule has 25 heavy (non-hydrogen) atoms. The number of hydrogen-bond donors (Lipinski definition) is 1. The van der Waals surface area contributed by atoms with Crippen LogP contribution < -0.4 is 4.72 Å². The van der Waals surface area contributed by atoms with Crippen molar-refractivity contribution in [2.75, 3.05) is 0 Å². The zero-order chi connectivity index (χ0) is 17.9. The van der Waals surface area contributed by atoms with Crippen LogP contribution in [-0.4, -0.2) is 13.4 Å². The van der Waals surface area contributed by atoms with Gasteiger partial charge in [0.1, 0.15) is 15.0 Å². The van der Waals surface area contributed by atoms with E-state index in [1.807, 2.05) is 13.0 Å². The Morgan fingerprint density at radius 2 is 1.84 bits per heavy atom. The quantitative estimate of drug-likeness (QED) is 0.657. The van der Waals surface area contributed by atoms with Gasteiger partial charge in [0.05, 0.1) is 6.54 Å². The Labute approximate surface area is 154 Å². The van der Waals surface area contributed by atoms with E-state index >= 15 is 0 Å². The van der Waals surface area contributed by atoms with Gasteiger partial charge in [0.25, 0.3) is 0 Å². The lowest BCUT2D eigenvalue weighted by molar-refractivity contribution is 0.583. The molecule has 4 nitrogen and oxygen atoms in total. The largest absolute Gasteiger partial charge is 0.250 e. The first-order chi connectivity index (χ1) is 12.0. The maximum atomic E-state index is 12.9. The first-order valence-electron chi connectivity index (χ1n) is 7.72. The first-order valence-corrected chi connectivity index (χ1v) is 10.8. The van der Waals surface area contributed by atoms with Crippen molar-refractivity contribution in [1.82, 2.24) is 9.71 Å². The van der Waals surface area contributed by atoms with Crippen molar-refractivity contribution in [1.29, 1.82) is 0 Å². The molecule has 0 bridgehead atoms. The highest BCUT2D eigenvalue weighted by Crippen LogP contribution is 2.23. The molecule has 132 valence electrons. The molecule has 8 heteroatoms. The molecule has 0 saturated heterocycles. The molecular weight excluding hydrogens is 379 g/mol. The monoisotopic (exact) mass is 396 g/mol. The topological polar surface area (TPSA) is 59.1 Å². The van der Waals surface area contributed by atoms with Gasteiger partial charge in [-0.1, -0.05) is 19.1 Å². The number of nitrogens with zero attached hydrogens (tertiary/aromatic N) is 1. The summed E-state index contributed by atoms with van der Waals surface area (Å²) >= 11 is 2.73. The molecule has 0 saturated carbocycles. The molecule has 0 amide bonds. The average Bonchev–Trinajstić information content (AvgIpc) is 3.25. The standard InChI is InChI=1S/C17H17FN2O2S3/c1-2-14-7-8-17(24-14)25(21,22)20-11-16-19-10-15(23-16)9-12-3-5-13(18)6-4-12/h3-8,10,20H,2,9,11H2,1H3. The van der Waals surface area contributed by atoms with Gasteiger partial charge in [-0.3, -0.25) is 0 Å². The minimum Gasteiger partial charge on any atom is -0.248 e. The van der Waals surface area contributed by atoms with Gasteiger partial charge in [-0.15, -0.1) is 22.7 Å². The minimum absolute atomic E-state index is 0.162. The van der Waals surface area contributed by atoms with E-state index < -0.39 is 10.0 Å². The Bertz CT molecular complexity index is 946. The van der Waals surface area contributed by atoms with E-state index in [1.165, 1.54) is 34.8 Å². The fourth-order valence-corrected chi connectivity index (χ4v) is 5.55. The van der Waals surface area contributed by atoms with Crippen LogP contribution >= 0.6 is 22.7 Å². The number of benzene rings is 1. The summed E-state index contributed by atoms with van der Waals surface area (Å²) in [4.78, 5) is 6.31. The van der Waals surface area contributed by atoms with Gasteiger partial charge in [-0.25, -0.2) is 22.5 Å². The molecule has 1 N–H and O–H groups in total. The average molecular weight is 397 g/mol. The lowest BCUT2D eigenvalue weighted by Crippen LogP contribution is -2.22. The maximum absolute atomic E-state index is 12.9. The van der Waals surface area contributed by atoms with Gasteiger partial charge in [0.15, 0.2) is 0 Å². The Morgan fingerprint density at radius 3 is 2.52 bits per heavy atom. The number of nitrogens with one attached hydrogen (secondary N) is 1. The molecule has 0 aliphatic carbocycles. The van der Waals surface area contributed by atoms with Gasteiger partial charge in [0, 0.05) is 22.4 Å². The third-order valence-corrected chi connectivity index (χ3v) is 7.68. The lowest BCUT2D eigenvalue weighted by atomic mass is 10.1. The molecule has 0 aliphatic rings. The first kappa shape index (κ1) is 18.2. The van der Waals surface area contributed by atoms with Crippen LogP contribution in [0.25, 0.3) is 0 Å². The van der Waals surface area contributed by atoms with Crippen molar-refractivity contribution in [3.05, 3.63) is 68.7 Å². The van der Waals surface area contributed by atoms with E-state index in [0.29, 0.717) is 15.6 Å². The molecule has 3 aromatic rings. The highest BCUT2D eigenvalue weighted by Gasteiger charge is 2.17. The van der Waals surface area contributed by atoms with Crippen molar-refractivity contribution in [2.45, 2.75) is 30.5 Å². The van der Waals surface area contributed by atoms with Crippen molar-refractivity contribution in [3.8, 4) is 0 Å². The third-order valence-electron chi connectivity index (χ3n) is 3.56. The summed E-state index contributed by atoms with van der Waals surface area (Å²) in [6, 6.07) is 9.80. The molecule has 0 spiro atoms. The second-order valence-corrected chi connectivity index (χ2v) is 9.78. The van der Waals surface area contributed by atoms with Crippen LogP contribution in [0.2, 0.25) is 0 Å². The minimum atomic E-state index is -3.51. The number of hydrogen-bond acceptors (Lipinski definition) is 5. The van der Waals surface area contributed by atoms with Gasteiger partial charge >= 0.3 is 0 Å². The smallest absolute Gasteiger partial charge is 0.248 e. The fourth-order valence-electron chi connectivity index (χ4n) is 2.24. The predicted octanol–water partition coefficient (Wildman–Crippen LogP) is 3.98. The van der Waals surface area contributed by atoms with Crippen LogP contribution in [0.4, 0.5) is 4.39 Å². The summed E-state index contributed by atoms with van der Waals surface area (Å²) < 4.78 is 40.5. The molecule has 0 unspecified atom stereocenters. The van der Waals surface area contributed by atoms with Crippen molar-refractivity contribution in [3.63, 3.8) is 0 Å². The van der Waals surface area contributed by atoms with Crippen LogP contribution in [0, 0.1) is 5.82 Å². The van der Waals surface area contributed by atoms with Gasteiger partial charge in [-0.05, 0) is 36.2 Å². The number of sulfonamides is 1. The van der Waals surface area contributed by atoms with Gasteiger partial charge < -0.3 is 0 Å². The highest BCUT2D eigenvalue weighted by atomic mass is 32.2. The lowest BCUT2D eigenvalue weighted by Gasteiger charge is -2.02. The Balaban J connectivity index is 1.62. The SMILES string of the molecule is CCc1ccc(S(=O)(=O)NCc2ncc(Cc3ccc(F)cc3)s2)s1. The van der Waals surface area contributed by atoms with Crippen molar-refractivity contribution in [2.24, 2.45) is 0 Å². The molecular formula is C17H17FN2O2S3. The second-order valence-electron chi connectivity index (χ2n) is 5.42. The Kier molecular flexibility index (Phi) is 5.63. The van der Waals surface area contributed by atoms with E-state index in [9.17, 15) is 12.8 Å². The number of aryl methyl sites for hydroxylation is 1. The summed E-state index contributed by atoms with van der Waals surface area (Å²) in [6.07, 6.45) is 3.20. The maximum Gasteiger partial charge on any atom is 0.250 e. The zero-order valence-electron chi connectivity index (χ0n) is 13.5. The van der Waals surface area contributed by atoms with Crippen LogP contribution in [0.15, 0.2) is 46.8 Å². The molecule has 2 heterocycles. The summed E-state index contributed by atoms with van der Waals surface area (Å²) in [5.74, 6) is -0.261.